The van der Waals surface area contributed by atoms with E-state index in [1.54, 1.807) is 24.5 Å². The van der Waals surface area contributed by atoms with E-state index in [1.165, 1.54) is 0 Å². The lowest BCUT2D eigenvalue weighted by molar-refractivity contribution is -0.143. The first-order chi connectivity index (χ1) is 14.1. The molecule has 0 aliphatic carbocycles. The highest BCUT2D eigenvalue weighted by molar-refractivity contribution is 7.80. The lowest BCUT2D eigenvalue weighted by atomic mass is 10.1. The Morgan fingerprint density at radius 1 is 0.967 bits per heavy atom. The van der Waals surface area contributed by atoms with Gasteiger partial charge in [0.2, 0.25) is 0 Å². The maximum absolute atomic E-state index is 13.0. The molecular formula is C18H19F6N5S. The van der Waals surface area contributed by atoms with Crippen LogP contribution in [0.5, 0.6) is 0 Å². The molecule has 0 spiro atoms. The number of nitrogens with one attached hydrogen (secondary N) is 3. The van der Waals surface area contributed by atoms with Crippen molar-refractivity contribution in [3.05, 3.63) is 47.9 Å². The summed E-state index contributed by atoms with van der Waals surface area (Å²) in [4.78, 5) is 7.26. The van der Waals surface area contributed by atoms with Gasteiger partial charge in [-0.25, -0.2) is 4.98 Å². The van der Waals surface area contributed by atoms with Gasteiger partial charge in [-0.15, -0.1) is 0 Å². The highest BCUT2D eigenvalue weighted by Crippen LogP contribution is 2.38. The van der Waals surface area contributed by atoms with E-state index in [0.717, 1.165) is 5.69 Å². The second-order valence-corrected chi connectivity index (χ2v) is 6.63. The fourth-order valence-electron chi connectivity index (χ4n) is 2.42. The number of thiocarbonyl (C=S) groups is 1. The summed E-state index contributed by atoms with van der Waals surface area (Å²) in [5, 5.41) is 8.83. The quantitative estimate of drug-likeness (QED) is 0.296. The topological polar surface area (TPSA) is 61.9 Å². The number of nitrogens with zero attached hydrogens (tertiary/aromatic N) is 2. The first-order valence-corrected chi connectivity index (χ1v) is 9.31. The van der Waals surface area contributed by atoms with Crippen LogP contribution >= 0.6 is 12.2 Å². The molecule has 0 saturated carbocycles. The van der Waals surface area contributed by atoms with Gasteiger partial charge in [0.25, 0.3) is 0 Å². The summed E-state index contributed by atoms with van der Waals surface area (Å²) in [6, 6.07) is 3.63. The number of alkyl halides is 6. The molecule has 164 valence electrons. The Hall–Kier alpha value is -2.63. The standard InChI is InChI=1S/C18H19F6N5S/c19-17(20,21)12-9-14(18(22,23)24)15(28-10-12)26-7-2-1-3-8-27-16(30)29-13-5-4-6-25-11-13/h4-6,9-11H,1-3,7-8H2,(H,26,28)(H2,27,29,30). The number of halogens is 6. The van der Waals surface area contributed by atoms with E-state index in [4.69, 9.17) is 12.2 Å². The average molecular weight is 451 g/mol. The molecule has 2 heterocycles. The van der Waals surface area contributed by atoms with Crippen molar-refractivity contribution >= 4 is 28.8 Å². The fraction of sp³-hybridized carbons (Fsp3) is 0.389. The number of hydrogen-bond acceptors (Lipinski definition) is 4. The second-order valence-electron chi connectivity index (χ2n) is 6.23. The molecule has 0 aliphatic heterocycles. The van der Waals surface area contributed by atoms with Crippen molar-refractivity contribution in [3.8, 4) is 0 Å². The van der Waals surface area contributed by atoms with Crippen molar-refractivity contribution < 1.29 is 26.3 Å². The Morgan fingerprint density at radius 2 is 1.70 bits per heavy atom. The first kappa shape index (κ1) is 23.6. The third-order valence-electron chi connectivity index (χ3n) is 3.87. The SMILES string of the molecule is FC(F)(F)c1cnc(NCCCCCNC(=S)Nc2cccnc2)c(C(F)(F)F)c1. The summed E-state index contributed by atoms with van der Waals surface area (Å²) in [6.07, 6.45) is -4.34. The Balaban J connectivity index is 1.73. The highest BCUT2D eigenvalue weighted by Gasteiger charge is 2.39. The second kappa shape index (κ2) is 10.4. The number of rotatable bonds is 8. The molecule has 0 aliphatic rings. The largest absolute Gasteiger partial charge is 0.419 e. The molecule has 0 aromatic carbocycles. The van der Waals surface area contributed by atoms with Gasteiger partial charge in [-0.3, -0.25) is 4.98 Å². The lowest BCUT2D eigenvalue weighted by Crippen LogP contribution is -2.29. The molecule has 2 aromatic rings. The van der Waals surface area contributed by atoms with E-state index < -0.39 is 29.3 Å². The third-order valence-corrected chi connectivity index (χ3v) is 4.12. The predicted molar refractivity (Wildman–Crippen MR) is 105 cm³/mol. The summed E-state index contributed by atoms with van der Waals surface area (Å²) < 4.78 is 77.1. The molecule has 0 unspecified atom stereocenters. The fourth-order valence-corrected chi connectivity index (χ4v) is 2.64. The summed E-state index contributed by atoms with van der Waals surface area (Å²) in [6.45, 7) is 0.693. The van der Waals surface area contributed by atoms with Gasteiger partial charge in [0.15, 0.2) is 5.11 Å². The van der Waals surface area contributed by atoms with Crippen LogP contribution in [0.1, 0.15) is 30.4 Å². The predicted octanol–water partition coefficient (Wildman–Crippen LogP) is 5.08. The maximum atomic E-state index is 13.0. The van der Waals surface area contributed by atoms with Crippen LogP contribution in [-0.2, 0) is 12.4 Å². The van der Waals surface area contributed by atoms with Crippen LogP contribution in [-0.4, -0.2) is 28.2 Å². The van der Waals surface area contributed by atoms with Gasteiger partial charge in [-0.1, -0.05) is 0 Å². The molecule has 30 heavy (non-hydrogen) atoms. The van der Waals surface area contributed by atoms with Crippen molar-refractivity contribution in [2.75, 3.05) is 23.7 Å². The molecule has 0 saturated heterocycles. The zero-order valence-corrected chi connectivity index (χ0v) is 16.4. The van der Waals surface area contributed by atoms with Crippen LogP contribution in [0.4, 0.5) is 37.8 Å². The van der Waals surface area contributed by atoms with Crippen molar-refractivity contribution in [2.45, 2.75) is 31.6 Å². The van der Waals surface area contributed by atoms with E-state index >= 15 is 0 Å². The Labute approximate surface area is 174 Å². The van der Waals surface area contributed by atoms with Crippen LogP contribution in [0.25, 0.3) is 0 Å². The normalized spacial score (nSPS) is 11.8. The monoisotopic (exact) mass is 451 g/mol. The van der Waals surface area contributed by atoms with E-state index in [1.807, 2.05) is 0 Å². The van der Waals surface area contributed by atoms with Gasteiger partial charge in [0.05, 0.1) is 23.0 Å². The summed E-state index contributed by atoms with van der Waals surface area (Å²) in [5.74, 6) is -0.615. The van der Waals surface area contributed by atoms with Gasteiger partial charge in [0.1, 0.15) is 5.82 Å². The average Bonchev–Trinajstić information content (AvgIpc) is 2.66. The van der Waals surface area contributed by atoms with Gasteiger partial charge in [-0.2, -0.15) is 26.3 Å². The van der Waals surface area contributed by atoms with E-state index in [-0.39, 0.29) is 12.6 Å². The van der Waals surface area contributed by atoms with Crippen LogP contribution in [0, 0.1) is 0 Å². The molecule has 0 bridgehead atoms. The van der Waals surface area contributed by atoms with Crippen molar-refractivity contribution in [2.24, 2.45) is 0 Å². The minimum absolute atomic E-state index is 0.0649. The molecule has 2 rings (SSSR count). The number of pyridine rings is 2. The van der Waals surface area contributed by atoms with Gasteiger partial charge in [0, 0.05) is 25.5 Å². The van der Waals surface area contributed by atoms with Crippen molar-refractivity contribution in [1.82, 2.24) is 15.3 Å². The van der Waals surface area contributed by atoms with Crippen LogP contribution in [0.2, 0.25) is 0 Å². The molecule has 5 nitrogen and oxygen atoms in total. The number of hydrogen-bond donors (Lipinski definition) is 3. The lowest BCUT2D eigenvalue weighted by Gasteiger charge is -2.16. The number of anilines is 2. The zero-order chi connectivity index (χ0) is 22.2. The zero-order valence-electron chi connectivity index (χ0n) is 15.6. The van der Waals surface area contributed by atoms with E-state index in [9.17, 15) is 26.3 Å². The van der Waals surface area contributed by atoms with Crippen molar-refractivity contribution in [3.63, 3.8) is 0 Å². The van der Waals surface area contributed by atoms with Crippen LogP contribution in [0.3, 0.4) is 0 Å². The van der Waals surface area contributed by atoms with Gasteiger partial charge in [-0.05, 0) is 49.7 Å². The first-order valence-electron chi connectivity index (χ1n) is 8.90. The minimum Gasteiger partial charge on any atom is -0.370 e. The summed E-state index contributed by atoms with van der Waals surface area (Å²) in [5.41, 5.74) is -2.14. The molecule has 0 atom stereocenters. The Bertz CT molecular complexity index is 826. The van der Waals surface area contributed by atoms with Gasteiger partial charge >= 0.3 is 12.4 Å². The molecule has 0 amide bonds. The summed E-state index contributed by atoms with van der Waals surface area (Å²) in [7, 11) is 0. The number of unbranched alkanes of at least 4 members (excludes halogenated alkanes) is 2. The summed E-state index contributed by atoms with van der Waals surface area (Å²) >= 11 is 5.13. The Kier molecular flexibility index (Phi) is 8.21. The molecule has 0 fully saturated rings. The number of aromatic nitrogens is 2. The molecular weight excluding hydrogens is 432 g/mol. The minimum atomic E-state index is -4.95. The van der Waals surface area contributed by atoms with E-state index in [2.05, 4.69) is 25.9 Å². The van der Waals surface area contributed by atoms with Crippen LogP contribution < -0.4 is 16.0 Å². The molecule has 0 radical (unpaired) electrons. The molecule has 12 heteroatoms. The highest BCUT2D eigenvalue weighted by atomic mass is 32.1. The van der Waals surface area contributed by atoms with Crippen LogP contribution in [0.15, 0.2) is 36.8 Å². The Morgan fingerprint density at radius 3 is 2.33 bits per heavy atom. The van der Waals surface area contributed by atoms with Crippen molar-refractivity contribution in [1.29, 1.82) is 0 Å². The third kappa shape index (κ3) is 7.65. The molecule has 2 aromatic heterocycles. The maximum Gasteiger partial charge on any atom is 0.419 e. The van der Waals surface area contributed by atoms with Gasteiger partial charge < -0.3 is 16.0 Å². The smallest absolute Gasteiger partial charge is 0.370 e. The molecule has 3 N–H and O–H groups in total. The van der Waals surface area contributed by atoms with E-state index in [0.29, 0.717) is 37.1 Å².